The van der Waals surface area contributed by atoms with Crippen LogP contribution in [0.1, 0.15) is 5.56 Å². The largest absolute Gasteiger partial charge is 0.380 e. The smallest absolute Gasteiger partial charge is 0.258 e. The first kappa shape index (κ1) is 13.1. The lowest BCUT2D eigenvalue weighted by molar-refractivity contribution is 0.185. The summed E-state index contributed by atoms with van der Waals surface area (Å²) in [5.74, 6) is 0. The highest BCUT2D eigenvalue weighted by atomic mass is 79.9. The number of pyridine rings is 1. The van der Waals surface area contributed by atoms with E-state index in [-0.39, 0.29) is 5.56 Å². The molecule has 0 atom stereocenters. The van der Waals surface area contributed by atoms with Crippen LogP contribution in [0.4, 0.5) is 0 Å². The molecule has 0 spiro atoms. The first-order valence-corrected chi connectivity index (χ1v) is 6.36. The second-order valence-electron chi connectivity index (χ2n) is 4.07. The molecular weight excluding hydrogens is 294 g/mol. The van der Waals surface area contributed by atoms with Gasteiger partial charge in [-0.2, -0.15) is 0 Å². The second-order valence-corrected chi connectivity index (χ2v) is 4.99. The van der Waals surface area contributed by atoms with E-state index >= 15 is 0 Å². The highest BCUT2D eigenvalue weighted by molar-refractivity contribution is 9.10. The average molecular weight is 308 g/mol. The molecule has 0 fully saturated rings. The van der Waals surface area contributed by atoms with Crippen molar-refractivity contribution >= 4 is 15.9 Å². The van der Waals surface area contributed by atoms with E-state index in [2.05, 4.69) is 15.9 Å². The molecule has 1 heterocycles. The zero-order valence-electron chi connectivity index (χ0n) is 10.3. The number of halogens is 1. The molecule has 94 valence electrons. The highest BCUT2D eigenvalue weighted by Crippen LogP contribution is 2.22. The van der Waals surface area contributed by atoms with E-state index in [0.29, 0.717) is 12.2 Å². The van der Waals surface area contributed by atoms with Crippen LogP contribution in [0, 0.1) is 0 Å². The van der Waals surface area contributed by atoms with Crippen LogP contribution >= 0.6 is 15.9 Å². The molecule has 0 N–H and O–H groups in total. The molecule has 18 heavy (non-hydrogen) atoms. The minimum Gasteiger partial charge on any atom is -0.380 e. The highest BCUT2D eigenvalue weighted by Gasteiger charge is 2.10. The number of ether oxygens (including phenoxy) is 1. The van der Waals surface area contributed by atoms with Crippen LogP contribution in [0.3, 0.4) is 0 Å². The number of hydrogen-bond donors (Lipinski definition) is 0. The summed E-state index contributed by atoms with van der Waals surface area (Å²) in [6.45, 7) is 0.432. The topological polar surface area (TPSA) is 31.2 Å². The third-order valence-corrected chi connectivity index (χ3v) is 3.32. The lowest BCUT2D eigenvalue weighted by atomic mass is 10.0. The zero-order chi connectivity index (χ0) is 13.1. The Hall–Kier alpha value is -1.39. The van der Waals surface area contributed by atoms with E-state index in [4.69, 9.17) is 4.74 Å². The Labute approximate surface area is 114 Å². The first-order valence-electron chi connectivity index (χ1n) is 5.57. The maximum atomic E-state index is 12.2. The van der Waals surface area contributed by atoms with Crippen molar-refractivity contribution in [2.75, 3.05) is 7.11 Å². The van der Waals surface area contributed by atoms with Gasteiger partial charge in [-0.15, -0.1) is 0 Å². The fourth-order valence-corrected chi connectivity index (χ4v) is 2.13. The number of hydrogen-bond acceptors (Lipinski definition) is 2. The van der Waals surface area contributed by atoms with Gasteiger partial charge in [-0.3, -0.25) is 4.79 Å². The molecular formula is C14H14BrNO2. The Balaban J connectivity index is 2.64. The summed E-state index contributed by atoms with van der Waals surface area (Å²) in [5.41, 5.74) is 2.51. The van der Waals surface area contributed by atoms with E-state index in [0.717, 1.165) is 15.6 Å². The van der Waals surface area contributed by atoms with Gasteiger partial charge in [-0.25, -0.2) is 0 Å². The van der Waals surface area contributed by atoms with Gasteiger partial charge < -0.3 is 9.30 Å². The van der Waals surface area contributed by atoms with Crippen molar-refractivity contribution in [2.45, 2.75) is 6.61 Å². The molecule has 0 saturated carbocycles. The number of aryl methyl sites for hydroxylation is 1. The van der Waals surface area contributed by atoms with Crippen molar-refractivity contribution in [3.05, 3.63) is 56.9 Å². The van der Waals surface area contributed by atoms with Crippen LogP contribution in [-0.4, -0.2) is 11.7 Å². The predicted octanol–water partition coefficient (Wildman–Crippen LogP) is 2.96. The maximum Gasteiger partial charge on any atom is 0.258 e. The third kappa shape index (κ3) is 2.54. The first-order chi connectivity index (χ1) is 8.63. The lowest BCUT2D eigenvalue weighted by Gasteiger charge is -2.10. The Morgan fingerprint density at radius 2 is 1.89 bits per heavy atom. The van der Waals surface area contributed by atoms with E-state index in [1.165, 1.54) is 0 Å². The molecule has 2 aromatic rings. The van der Waals surface area contributed by atoms with Gasteiger partial charge in [0.2, 0.25) is 0 Å². The van der Waals surface area contributed by atoms with Crippen LogP contribution in [0.15, 0.2) is 45.8 Å². The molecule has 0 aliphatic rings. The van der Waals surface area contributed by atoms with Gasteiger partial charge in [-0.1, -0.05) is 28.1 Å². The van der Waals surface area contributed by atoms with Gasteiger partial charge in [0.05, 0.1) is 12.2 Å². The van der Waals surface area contributed by atoms with E-state index in [1.807, 2.05) is 30.3 Å². The summed E-state index contributed by atoms with van der Waals surface area (Å²) in [6, 6.07) is 9.64. The van der Waals surface area contributed by atoms with E-state index in [9.17, 15) is 4.79 Å². The zero-order valence-corrected chi connectivity index (χ0v) is 11.9. The van der Waals surface area contributed by atoms with Crippen molar-refractivity contribution in [3.8, 4) is 11.1 Å². The molecule has 1 aromatic carbocycles. The average Bonchev–Trinajstić information content (AvgIpc) is 2.36. The molecule has 3 nitrogen and oxygen atoms in total. The number of benzene rings is 1. The van der Waals surface area contributed by atoms with Crippen LogP contribution in [0.2, 0.25) is 0 Å². The fourth-order valence-electron chi connectivity index (χ4n) is 1.87. The van der Waals surface area contributed by atoms with Gasteiger partial charge in [0.1, 0.15) is 0 Å². The minimum absolute atomic E-state index is 0.00753. The summed E-state index contributed by atoms with van der Waals surface area (Å²) in [4.78, 5) is 12.2. The maximum absolute atomic E-state index is 12.2. The molecule has 0 radical (unpaired) electrons. The van der Waals surface area contributed by atoms with Crippen LogP contribution in [-0.2, 0) is 18.4 Å². The van der Waals surface area contributed by atoms with Crippen LogP contribution < -0.4 is 5.56 Å². The predicted molar refractivity (Wildman–Crippen MR) is 75.5 cm³/mol. The van der Waals surface area contributed by atoms with Crippen molar-refractivity contribution in [1.82, 2.24) is 4.57 Å². The van der Waals surface area contributed by atoms with Gasteiger partial charge in [-0.05, 0) is 29.3 Å². The molecule has 0 saturated heterocycles. The van der Waals surface area contributed by atoms with Crippen molar-refractivity contribution in [2.24, 2.45) is 7.05 Å². The van der Waals surface area contributed by atoms with E-state index < -0.39 is 0 Å². The molecule has 2 rings (SSSR count). The SMILES string of the molecule is COCc1ccn(C)c(=O)c1-c1ccc(Br)cc1. The van der Waals surface area contributed by atoms with Gasteiger partial charge in [0.15, 0.2) is 0 Å². The molecule has 1 aromatic heterocycles. The van der Waals surface area contributed by atoms with Gasteiger partial charge >= 0.3 is 0 Å². The Morgan fingerprint density at radius 1 is 1.22 bits per heavy atom. The van der Waals surface area contributed by atoms with E-state index in [1.54, 1.807) is 24.9 Å². The van der Waals surface area contributed by atoms with Crippen molar-refractivity contribution < 1.29 is 4.74 Å². The third-order valence-electron chi connectivity index (χ3n) is 2.79. The van der Waals surface area contributed by atoms with Crippen LogP contribution in [0.25, 0.3) is 11.1 Å². The van der Waals surface area contributed by atoms with Crippen molar-refractivity contribution in [1.29, 1.82) is 0 Å². The number of rotatable bonds is 3. The van der Waals surface area contributed by atoms with Crippen LogP contribution in [0.5, 0.6) is 0 Å². The van der Waals surface area contributed by atoms with Gasteiger partial charge in [0, 0.05) is 24.8 Å². The molecule has 0 aliphatic carbocycles. The summed E-state index contributed by atoms with van der Waals surface area (Å²) in [6.07, 6.45) is 1.76. The number of nitrogens with zero attached hydrogens (tertiary/aromatic N) is 1. The monoisotopic (exact) mass is 307 g/mol. The molecule has 0 amide bonds. The normalized spacial score (nSPS) is 10.6. The summed E-state index contributed by atoms with van der Waals surface area (Å²) in [7, 11) is 3.38. The van der Waals surface area contributed by atoms with Crippen molar-refractivity contribution in [3.63, 3.8) is 0 Å². The summed E-state index contributed by atoms with van der Waals surface area (Å²) >= 11 is 3.39. The fraction of sp³-hybridized carbons (Fsp3) is 0.214. The molecule has 0 bridgehead atoms. The number of aromatic nitrogens is 1. The Kier molecular flexibility index (Phi) is 3.99. The molecule has 0 unspecified atom stereocenters. The standard InChI is InChI=1S/C14H14BrNO2/c1-16-8-7-11(9-18-2)13(14(16)17)10-3-5-12(15)6-4-10/h3-8H,9H2,1-2H3. The molecule has 4 heteroatoms. The Bertz CT molecular complexity index is 602. The quantitative estimate of drug-likeness (QED) is 0.873. The second kappa shape index (κ2) is 5.50. The summed E-state index contributed by atoms with van der Waals surface area (Å²) < 4.78 is 7.72. The summed E-state index contributed by atoms with van der Waals surface area (Å²) in [5, 5.41) is 0. The minimum atomic E-state index is -0.00753. The van der Waals surface area contributed by atoms with Gasteiger partial charge in [0.25, 0.3) is 5.56 Å². The number of methoxy groups -OCH3 is 1. The lowest BCUT2D eigenvalue weighted by Crippen LogP contribution is -2.19. The molecule has 0 aliphatic heterocycles. The Morgan fingerprint density at radius 3 is 2.50 bits per heavy atom.